The lowest BCUT2D eigenvalue weighted by atomic mass is 9.73. The molecule has 1 atom stereocenters. The van der Waals surface area contributed by atoms with Crippen LogP contribution in [0.15, 0.2) is 72.9 Å². The van der Waals surface area contributed by atoms with Gasteiger partial charge in [0.2, 0.25) is 11.8 Å². The number of rotatable bonds is 3. The van der Waals surface area contributed by atoms with Crippen molar-refractivity contribution < 1.29 is 9.59 Å². The van der Waals surface area contributed by atoms with E-state index in [0.29, 0.717) is 51.9 Å². The van der Waals surface area contributed by atoms with Crippen LogP contribution < -0.4 is 15.5 Å². The minimum absolute atomic E-state index is 0.0986. The number of piperidine rings is 1. The van der Waals surface area contributed by atoms with Crippen molar-refractivity contribution in [3.8, 4) is 0 Å². The predicted octanol–water partition coefficient (Wildman–Crippen LogP) is 2.90. The van der Waals surface area contributed by atoms with E-state index in [9.17, 15) is 9.59 Å². The third kappa shape index (κ3) is 5.48. The summed E-state index contributed by atoms with van der Waals surface area (Å²) in [4.78, 5) is 34.4. The average Bonchev–Trinajstić information content (AvgIpc) is 3.42. The molecule has 0 saturated carbocycles. The first-order valence-corrected chi connectivity index (χ1v) is 13.7. The Balaban J connectivity index is 1.26. The summed E-state index contributed by atoms with van der Waals surface area (Å²) in [6, 6.07) is 21.4. The Morgan fingerprint density at radius 2 is 1.72 bits per heavy atom. The molecule has 0 unspecified atom stereocenters. The van der Waals surface area contributed by atoms with Crippen LogP contribution in [0.5, 0.6) is 0 Å². The maximum absolute atomic E-state index is 14.1. The van der Waals surface area contributed by atoms with E-state index in [2.05, 4.69) is 44.0 Å². The average molecular weight is 524 g/mol. The van der Waals surface area contributed by atoms with Crippen molar-refractivity contribution in [2.45, 2.75) is 44.7 Å². The lowest BCUT2D eigenvalue weighted by molar-refractivity contribution is -0.136. The Labute approximate surface area is 227 Å². The number of nitrogens with one attached hydrogen (secondary N) is 2. The molecule has 2 aromatic carbocycles. The number of anilines is 1. The zero-order valence-electron chi connectivity index (χ0n) is 21.9. The molecule has 6 rings (SSSR count). The van der Waals surface area contributed by atoms with Gasteiger partial charge in [0.15, 0.2) is 0 Å². The van der Waals surface area contributed by atoms with Crippen molar-refractivity contribution in [1.29, 1.82) is 0 Å². The second-order valence-electron chi connectivity index (χ2n) is 10.6. The van der Waals surface area contributed by atoms with Crippen LogP contribution in [0, 0.1) is 5.41 Å². The van der Waals surface area contributed by atoms with Gasteiger partial charge < -0.3 is 15.5 Å². The van der Waals surface area contributed by atoms with Gasteiger partial charge in [-0.3, -0.25) is 14.3 Å². The van der Waals surface area contributed by atoms with Crippen LogP contribution in [0.1, 0.15) is 30.5 Å². The van der Waals surface area contributed by atoms with Gasteiger partial charge in [0.1, 0.15) is 11.9 Å². The molecule has 1 saturated heterocycles. The number of hydrogen-bond donors (Lipinski definition) is 2. The van der Waals surface area contributed by atoms with Gasteiger partial charge in [0.05, 0.1) is 16.6 Å². The number of nitrogens with zero attached hydrogens (tertiary/aromatic N) is 5. The smallest absolute Gasteiger partial charge is 0.242 e. The van der Waals surface area contributed by atoms with Gasteiger partial charge in [-0.15, -0.1) is 5.10 Å². The quantitative estimate of drug-likeness (QED) is 0.428. The molecule has 1 fully saturated rings. The molecule has 1 spiro atoms. The van der Waals surface area contributed by atoms with Crippen LogP contribution in [-0.2, 0) is 29.0 Å². The molecule has 9 heteroatoms. The molecule has 0 aliphatic carbocycles. The SMILES string of the molecule is O=C1NCCCn2cc(nn2)CC2(CCN(c3ccc4ccccc4n3)CC2)C(=O)N[C@H]1Cc1ccccc1. The number of carbonyl (C=O) groups is 2. The van der Waals surface area contributed by atoms with Gasteiger partial charge in [0.25, 0.3) is 0 Å². The van der Waals surface area contributed by atoms with Crippen molar-refractivity contribution >= 4 is 28.5 Å². The molecule has 4 heterocycles. The number of fused-ring (bicyclic) bond motifs is 3. The number of benzene rings is 2. The highest BCUT2D eigenvalue weighted by atomic mass is 16.2. The van der Waals surface area contributed by atoms with Gasteiger partial charge in [-0.1, -0.05) is 53.7 Å². The number of hydrogen-bond acceptors (Lipinski definition) is 6. The standard InChI is InChI=1S/C30H33N7O2/c38-28-26(19-22-7-2-1-3-8-22)33-29(39)30(20-24-21-37(35-34-24)16-6-15-31-28)13-17-36(18-14-30)27-12-11-23-9-4-5-10-25(23)32-27/h1-5,7-12,21,26H,6,13-20H2,(H,31,38)(H,33,39)/t26-/m0/s1. The van der Waals surface area contributed by atoms with E-state index in [0.717, 1.165) is 34.4 Å². The highest BCUT2D eigenvalue weighted by Gasteiger charge is 2.43. The van der Waals surface area contributed by atoms with Crippen molar-refractivity contribution in [3.05, 3.63) is 84.2 Å². The van der Waals surface area contributed by atoms with Crippen molar-refractivity contribution in [2.24, 2.45) is 5.41 Å². The minimum atomic E-state index is -0.697. The zero-order chi connectivity index (χ0) is 26.7. The highest BCUT2D eigenvalue weighted by molar-refractivity contribution is 5.90. The molecule has 2 amide bonds. The molecule has 4 aromatic rings. The molecule has 200 valence electrons. The summed E-state index contributed by atoms with van der Waals surface area (Å²) in [6.45, 7) is 2.53. The Hall–Kier alpha value is -4.27. The van der Waals surface area contributed by atoms with E-state index in [1.165, 1.54) is 0 Å². The van der Waals surface area contributed by atoms with Crippen LogP contribution in [0.2, 0.25) is 0 Å². The number of aromatic nitrogens is 4. The first-order valence-electron chi connectivity index (χ1n) is 13.7. The largest absolute Gasteiger partial charge is 0.357 e. The lowest BCUT2D eigenvalue weighted by Gasteiger charge is -2.41. The fourth-order valence-corrected chi connectivity index (χ4v) is 5.70. The molecule has 39 heavy (non-hydrogen) atoms. The summed E-state index contributed by atoms with van der Waals surface area (Å²) in [7, 11) is 0. The Morgan fingerprint density at radius 3 is 2.56 bits per heavy atom. The third-order valence-electron chi connectivity index (χ3n) is 7.98. The van der Waals surface area contributed by atoms with Gasteiger partial charge in [-0.2, -0.15) is 0 Å². The van der Waals surface area contributed by atoms with Crippen LogP contribution in [0.3, 0.4) is 0 Å². The Morgan fingerprint density at radius 1 is 0.923 bits per heavy atom. The number of pyridine rings is 1. The molecule has 2 aromatic heterocycles. The summed E-state index contributed by atoms with van der Waals surface area (Å²) in [5, 5.41) is 15.9. The second kappa shape index (κ2) is 10.8. The van der Waals surface area contributed by atoms with Crippen molar-refractivity contribution in [2.75, 3.05) is 24.5 Å². The number of para-hydroxylation sites is 1. The Kier molecular flexibility index (Phi) is 6.96. The fourth-order valence-electron chi connectivity index (χ4n) is 5.70. The summed E-state index contributed by atoms with van der Waals surface area (Å²) in [6.07, 6.45) is 4.85. The number of carbonyl (C=O) groups excluding carboxylic acids is 2. The zero-order valence-corrected chi connectivity index (χ0v) is 21.9. The van der Waals surface area contributed by atoms with Crippen LogP contribution >= 0.6 is 0 Å². The molecule has 9 nitrogen and oxygen atoms in total. The fraction of sp³-hybridized carbons (Fsp3) is 0.367. The van der Waals surface area contributed by atoms with E-state index in [-0.39, 0.29) is 11.8 Å². The van der Waals surface area contributed by atoms with Crippen molar-refractivity contribution in [1.82, 2.24) is 30.6 Å². The lowest BCUT2D eigenvalue weighted by Crippen LogP contribution is -2.56. The monoisotopic (exact) mass is 523 g/mol. The van der Waals surface area contributed by atoms with Gasteiger partial charge in [-0.05, 0) is 43.0 Å². The van der Waals surface area contributed by atoms with Gasteiger partial charge >= 0.3 is 0 Å². The van der Waals surface area contributed by atoms with E-state index >= 15 is 0 Å². The maximum atomic E-state index is 14.1. The molecule has 2 aliphatic rings. The number of aryl methyl sites for hydroxylation is 1. The molecule has 2 aliphatic heterocycles. The van der Waals surface area contributed by atoms with Crippen LogP contribution in [0.4, 0.5) is 5.82 Å². The van der Waals surface area contributed by atoms with E-state index in [4.69, 9.17) is 4.98 Å². The van der Waals surface area contributed by atoms with Crippen molar-refractivity contribution in [3.63, 3.8) is 0 Å². The summed E-state index contributed by atoms with van der Waals surface area (Å²) < 4.78 is 1.81. The predicted molar refractivity (Wildman–Crippen MR) is 149 cm³/mol. The molecular weight excluding hydrogens is 490 g/mol. The van der Waals surface area contributed by atoms with Crippen LogP contribution in [-0.4, -0.2) is 57.5 Å². The summed E-state index contributed by atoms with van der Waals surface area (Å²) in [5.41, 5.74) is 2.08. The normalized spacial score (nSPS) is 20.0. The Bertz CT molecular complexity index is 1460. The highest BCUT2D eigenvalue weighted by Crippen LogP contribution is 2.37. The third-order valence-corrected chi connectivity index (χ3v) is 7.98. The minimum Gasteiger partial charge on any atom is -0.357 e. The second-order valence-corrected chi connectivity index (χ2v) is 10.6. The molecule has 2 N–H and O–H groups in total. The molecule has 0 radical (unpaired) electrons. The topological polar surface area (TPSA) is 105 Å². The first-order chi connectivity index (χ1) is 19.1. The van der Waals surface area contributed by atoms with E-state index in [1.54, 1.807) is 4.68 Å². The van der Waals surface area contributed by atoms with Gasteiger partial charge in [0, 0.05) is 50.6 Å². The summed E-state index contributed by atoms with van der Waals surface area (Å²) >= 11 is 0. The number of amides is 2. The maximum Gasteiger partial charge on any atom is 0.242 e. The van der Waals surface area contributed by atoms with Gasteiger partial charge in [-0.25, -0.2) is 4.98 Å². The van der Waals surface area contributed by atoms with E-state index in [1.807, 2.05) is 54.7 Å². The van der Waals surface area contributed by atoms with E-state index < -0.39 is 11.5 Å². The van der Waals surface area contributed by atoms with Crippen LogP contribution in [0.25, 0.3) is 10.9 Å². The molecular formula is C30H33N7O2. The first kappa shape index (κ1) is 25.0. The molecule has 2 bridgehead atoms. The summed E-state index contributed by atoms with van der Waals surface area (Å²) in [5.74, 6) is 0.664.